The fraction of sp³-hybridized carbons (Fsp3) is 0.417. The molecule has 0 spiro atoms. The molecule has 1 aromatic carbocycles. The Labute approximate surface area is 181 Å². The lowest BCUT2D eigenvalue weighted by Gasteiger charge is -2.38. The van der Waals surface area contributed by atoms with Crippen molar-refractivity contribution in [1.82, 2.24) is 5.43 Å². The lowest BCUT2D eigenvalue weighted by molar-refractivity contribution is -0.158. The zero-order valence-corrected chi connectivity index (χ0v) is 18.0. The number of aliphatic carboxylic acids is 1. The minimum absolute atomic E-state index is 0.0378. The number of Topliss-reactive ketones (excluding diaryl/α,β-unsaturated/α-hetero) is 1. The van der Waals surface area contributed by atoms with Crippen LogP contribution in [-0.2, 0) is 14.4 Å². The summed E-state index contributed by atoms with van der Waals surface area (Å²) in [5, 5.41) is 24.2. The third-order valence-corrected chi connectivity index (χ3v) is 6.14. The lowest BCUT2D eigenvalue weighted by atomic mass is 9.64. The van der Waals surface area contributed by atoms with Gasteiger partial charge in [0.1, 0.15) is 5.76 Å². The molecule has 0 aromatic heterocycles. The van der Waals surface area contributed by atoms with Crippen molar-refractivity contribution in [3.8, 4) is 0 Å². The third kappa shape index (κ3) is 4.45. The number of carbonyl (C=O) groups is 3. The fourth-order valence-corrected chi connectivity index (χ4v) is 4.43. The van der Waals surface area contributed by atoms with Crippen LogP contribution in [0.5, 0.6) is 0 Å². The first kappa shape index (κ1) is 22.5. The molecule has 0 bridgehead atoms. The number of hydrogen-bond acceptors (Lipinski definition) is 5. The first-order valence-electron chi connectivity index (χ1n) is 10.3. The Bertz CT molecular complexity index is 990. The molecule has 31 heavy (non-hydrogen) atoms. The van der Waals surface area contributed by atoms with Crippen molar-refractivity contribution in [3.05, 3.63) is 58.9 Å². The third-order valence-electron chi connectivity index (χ3n) is 6.14. The van der Waals surface area contributed by atoms with Crippen LogP contribution in [0, 0.1) is 10.8 Å². The second-order valence-corrected chi connectivity index (χ2v) is 9.20. The van der Waals surface area contributed by atoms with Gasteiger partial charge in [-0.1, -0.05) is 55.8 Å². The SMILES string of the molecule is CC1=CCC(C(=O)O)(C(=O)N/N=C/C2=C(O)CC(C)(C)CC2=O)C(c2ccccc2)C1. The summed E-state index contributed by atoms with van der Waals surface area (Å²) in [7, 11) is 0. The molecule has 7 nitrogen and oxygen atoms in total. The molecule has 0 aliphatic heterocycles. The summed E-state index contributed by atoms with van der Waals surface area (Å²) >= 11 is 0. The van der Waals surface area contributed by atoms with Crippen LogP contribution in [0.1, 0.15) is 57.9 Å². The molecule has 1 aromatic rings. The molecular weight excluding hydrogens is 396 g/mol. The molecule has 2 atom stereocenters. The quantitative estimate of drug-likeness (QED) is 0.287. The number of carboxylic acid groups (broad SMARTS) is 1. The highest BCUT2D eigenvalue weighted by molar-refractivity contribution is 6.14. The predicted molar refractivity (Wildman–Crippen MR) is 117 cm³/mol. The molecule has 0 saturated carbocycles. The van der Waals surface area contributed by atoms with Crippen molar-refractivity contribution in [2.75, 3.05) is 0 Å². The van der Waals surface area contributed by atoms with Crippen LogP contribution in [0.2, 0.25) is 0 Å². The largest absolute Gasteiger partial charge is 0.511 e. The Hall–Kier alpha value is -3.22. The smallest absolute Gasteiger partial charge is 0.320 e. The number of allylic oxidation sites excluding steroid dienone is 4. The normalized spacial score (nSPS) is 26.0. The maximum atomic E-state index is 13.2. The fourth-order valence-electron chi connectivity index (χ4n) is 4.43. The Kier molecular flexibility index (Phi) is 6.15. The van der Waals surface area contributed by atoms with Crippen molar-refractivity contribution >= 4 is 23.9 Å². The maximum Gasteiger partial charge on any atom is 0.320 e. The van der Waals surface area contributed by atoms with E-state index in [1.165, 1.54) is 0 Å². The van der Waals surface area contributed by atoms with Gasteiger partial charge in [-0.05, 0) is 30.7 Å². The number of benzene rings is 1. The number of carboxylic acids is 1. The van der Waals surface area contributed by atoms with Gasteiger partial charge < -0.3 is 10.2 Å². The van der Waals surface area contributed by atoms with Gasteiger partial charge in [-0.25, -0.2) is 5.43 Å². The summed E-state index contributed by atoms with van der Waals surface area (Å²) in [6, 6.07) is 9.12. The number of ketones is 1. The van der Waals surface area contributed by atoms with Gasteiger partial charge in [0.05, 0.1) is 11.8 Å². The standard InChI is InChI=1S/C24H28N2O5/c1-15-9-10-24(22(30)31,18(11-15)16-7-5-4-6-8-16)21(29)26-25-14-17-19(27)12-23(2,3)13-20(17)28/h4-9,14,18,27H,10-13H2,1-3H3,(H,26,29)(H,30,31)/b25-14+. The average Bonchev–Trinajstić information content (AvgIpc) is 2.69. The van der Waals surface area contributed by atoms with Crippen molar-refractivity contribution in [2.24, 2.45) is 15.9 Å². The van der Waals surface area contributed by atoms with Crippen LogP contribution >= 0.6 is 0 Å². The minimum atomic E-state index is -1.73. The zero-order chi connectivity index (χ0) is 22.8. The Morgan fingerprint density at radius 3 is 2.48 bits per heavy atom. The second-order valence-electron chi connectivity index (χ2n) is 9.20. The highest BCUT2D eigenvalue weighted by Crippen LogP contribution is 2.47. The van der Waals surface area contributed by atoms with Gasteiger partial charge in [0.15, 0.2) is 11.2 Å². The number of hydrogen-bond donors (Lipinski definition) is 3. The van der Waals surface area contributed by atoms with Gasteiger partial charge in [0.2, 0.25) is 0 Å². The number of amides is 1. The first-order valence-corrected chi connectivity index (χ1v) is 10.3. The van der Waals surface area contributed by atoms with E-state index in [2.05, 4.69) is 10.5 Å². The molecule has 3 rings (SSSR count). The molecule has 1 amide bonds. The first-order chi connectivity index (χ1) is 14.6. The van der Waals surface area contributed by atoms with E-state index in [4.69, 9.17) is 0 Å². The van der Waals surface area contributed by atoms with Gasteiger partial charge in [0.25, 0.3) is 5.91 Å². The van der Waals surface area contributed by atoms with Crippen molar-refractivity contribution < 1.29 is 24.6 Å². The number of nitrogens with one attached hydrogen (secondary N) is 1. The van der Waals surface area contributed by atoms with E-state index in [0.29, 0.717) is 12.8 Å². The molecule has 0 heterocycles. The van der Waals surface area contributed by atoms with Crippen LogP contribution in [0.4, 0.5) is 0 Å². The number of carbonyl (C=O) groups excluding carboxylic acids is 2. The molecule has 2 aliphatic rings. The molecule has 2 aliphatic carbocycles. The van der Waals surface area contributed by atoms with Gasteiger partial charge in [-0.3, -0.25) is 14.4 Å². The highest BCUT2D eigenvalue weighted by atomic mass is 16.4. The van der Waals surface area contributed by atoms with E-state index in [1.807, 2.05) is 51.1 Å². The van der Waals surface area contributed by atoms with E-state index in [0.717, 1.165) is 17.4 Å². The Balaban J connectivity index is 1.89. The summed E-state index contributed by atoms with van der Waals surface area (Å²) in [6.07, 6.45) is 3.95. The van der Waals surface area contributed by atoms with Crippen LogP contribution < -0.4 is 5.43 Å². The van der Waals surface area contributed by atoms with E-state index in [9.17, 15) is 24.6 Å². The van der Waals surface area contributed by atoms with E-state index in [1.54, 1.807) is 6.08 Å². The Morgan fingerprint density at radius 1 is 1.19 bits per heavy atom. The van der Waals surface area contributed by atoms with Gasteiger partial charge in [0, 0.05) is 18.8 Å². The minimum Gasteiger partial charge on any atom is -0.511 e. The molecular formula is C24H28N2O5. The van der Waals surface area contributed by atoms with Gasteiger partial charge in [-0.2, -0.15) is 5.10 Å². The topological polar surface area (TPSA) is 116 Å². The zero-order valence-electron chi connectivity index (χ0n) is 18.0. The number of aliphatic hydroxyl groups is 1. The number of rotatable bonds is 5. The van der Waals surface area contributed by atoms with E-state index < -0.39 is 23.2 Å². The molecule has 2 unspecified atom stereocenters. The summed E-state index contributed by atoms with van der Waals surface area (Å²) in [5.74, 6) is -2.88. The van der Waals surface area contributed by atoms with Crippen LogP contribution in [-0.4, -0.2) is 34.1 Å². The van der Waals surface area contributed by atoms with Crippen LogP contribution in [0.25, 0.3) is 0 Å². The van der Waals surface area contributed by atoms with Crippen molar-refractivity contribution in [2.45, 2.75) is 52.4 Å². The molecule has 7 heteroatoms. The number of hydrazone groups is 1. The Morgan fingerprint density at radius 2 is 1.87 bits per heavy atom. The monoisotopic (exact) mass is 424 g/mol. The average molecular weight is 424 g/mol. The van der Waals surface area contributed by atoms with Crippen molar-refractivity contribution in [1.29, 1.82) is 0 Å². The maximum absolute atomic E-state index is 13.2. The summed E-state index contributed by atoms with van der Waals surface area (Å²) in [5.41, 5.74) is 2.08. The van der Waals surface area contributed by atoms with E-state index >= 15 is 0 Å². The molecule has 164 valence electrons. The van der Waals surface area contributed by atoms with E-state index in [-0.39, 0.29) is 35.4 Å². The van der Waals surface area contributed by atoms with Gasteiger partial charge >= 0.3 is 5.97 Å². The predicted octanol–water partition coefficient (Wildman–Crippen LogP) is 3.88. The number of aliphatic hydroxyl groups excluding tert-OH is 1. The second kappa shape index (κ2) is 8.49. The molecule has 0 radical (unpaired) electrons. The molecule has 0 fully saturated rings. The summed E-state index contributed by atoms with van der Waals surface area (Å²) in [6.45, 7) is 5.69. The number of nitrogens with zero attached hydrogens (tertiary/aromatic N) is 1. The van der Waals surface area contributed by atoms with Crippen LogP contribution in [0.3, 0.4) is 0 Å². The summed E-state index contributed by atoms with van der Waals surface area (Å²) in [4.78, 5) is 37.9. The van der Waals surface area contributed by atoms with Crippen LogP contribution in [0.15, 0.2) is 58.4 Å². The molecule has 3 N–H and O–H groups in total. The van der Waals surface area contributed by atoms with Crippen molar-refractivity contribution in [3.63, 3.8) is 0 Å². The summed E-state index contributed by atoms with van der Waals surface area (Å²) < 4.78 is 0. The molecule has 0 saturated heterocycles. The highest BCUT2D eigenvalue weighted by Gasteiger charge is 2.53. The van der Waals surface area contributed by atoms with Gasteiger partial charge in [-0.15, -0.1) is 0 Å². The lowest BCUT2D eigenvalue weighted by Crippen LogP contribution is -2.50.